The molecule has 122 valence electrons. The van der Waals surface area contributed by atoms with Crippen LogP contribution in [0.5, 0.6) is 0 Å². The van der Waals surface area contributed by atoms with Crippen LogP contribution in [-0.2, 0) is 0 Å². The van der Waals surface area contributed by atoms with Crippen LogP contribution in [-0.4, -0.2) is 6.03 Å². The number of rotatable bonds is 4. The Labute approximate surface area is 134 Å². The second-order valence-electron chi connectivity index (χ2n) is 5.59. The number of hydrogen-bond acceptors (Lipinski definition) is 1. The van der Waals surface area contributed by atoms with Gasteiger partial charge in [0, 0.05) is 0 Å². The molecule has 0 fully saturated rings. The first-order valence-corrected chi connectivity index (χ1v) is 7.46. The Balaban J connectivity index is 1.98. The van der Waals surface area contributed by atoms with E-state index >= 15 is 0 Å². The number of nitrogens with one attached hydrogen (secondary N) is 2. The maximum atomic E-state index is 13.2. The van der Waals surface area contributed by atoms with Gasteiger partial charge in [-0.25, -0.2) is 13.6 Å². The van der Waals surface area contributed by atoms with Gasteiger partial charge in [-0.2, -0.15) is 0 Å². The third kappa shape index (κ3) is 4.28. The van der Waals surface area contributed by atoms with Crippen molar-refractivity contribution >= 4 is 6.03 Å². The molecule has 0 saturated carbocycles. The number of hydrogen-bond donors (Lipinski definition) is 2. The molecule has 0 aliphatic carbocycles. The summed E-state index contributed by atoms with van der Waals surface area (Å²) in [6.45, 7) is 5.59. The van der Waals surface area contributed by atoms with Crippen molar-refractivity contribution in [3.8, 4) is 0 Å². The van der Waals surface area contributed by atoms with Crippen LogP contribution in [0, 0.1) is 18.6 Å². The minimum Gasteiger partial charge on any atom is -0.332 e. The van der Waals surface area contributed by atoms with Gasteiger partial charge in [-0.15, -0.1) is 0 Å². The van der Waals surface area contributed by atoms with Crippen molar-refractivity contribution in [1.29, 1.82) is 0 Å². The largest absolute Gasteiger partial charge is 0.332 e. The lowest BCUT2D eigenvalue weighted by molar-refractivity contribution is 0.235. The average Bonchev–Trinajstić information content (AvgIpc) is 2.50. The van der Waals surface area contributed by atoms with Crippen LogP contribution in [0.2, 0.25) is 0 Å². The Bertz CT molecular complexity index is 703. The molecule has 0 spiro atoms. The van der Waals surface area contributed by atoms with Gasteiger partial charge in [0.15, 0.2) is 11.6 Å². The van der Waals surface area contributed by atoms with Crippen LogP contribution in [0.4, 0.5) is 13.6 Å². The molecule has 0 bridgehead atoms. The first-order chi connectivity index (χ1) is 10.9. The van der Waals surface area contributed by atoms with Gasteiger partial charge < -0.3 is 10.6 Å². The molecule has 2 aromatic rings. The van der Waals surface area contributed by atoms with Crippen molar-refractivity contribution < 1.29 is 13.6 Å². The third-order valence-corrected chi connectivity index (χ3v) is 3.79. The number of halogens is 2. The summed E-state index contributed by atoms with van der Waals surface area (Å²) in [7, 11) is 0. The molecule has 2 amide bonds. The number of urea groups is 1. The molecule has 0 aliphatic heterocycles. The van der Waals surface area contributed by atoms with Crippen LogP contribution in [0.25, 0.3) is 0 Å². The highest BCUT2D eigenvalue weighted by Crippen LogP contribution is 2.18. The zero-order valence-corrected chi connectivity index (χ0v) is 13.4. The maximum absolute atomic E-state index is 13.2. The van der Waals surface area contributed by atoms with Gasteiger partial charge in [-0.05, 0) is 49.6 Å². The number of aryl methyl sites for hydroxylation is 1. The molecule has 0 aromatic heterocycles. The Kier molecular flexibility index (Phi) is 5.32. The van der Waals surface area contributed by atoms with Crippen LogP contribution in [0.1, 0.15) is 42.6 Å². The van der Waals surface area contributed by atoms with Crippen LogP contribution in [0.3, 0.4) is 0 Å². The molecular formula is C18H20F2N2O. The molecule has 2 atom stereocenters. The van der Waals surface area contributed by atoms with E-state index in [-0.39, 0.29) is 12.1 Å². The molecule has 2 rings (SSSR count). The second-order valence-corrected chi connectivity index (χ2v) is 5.59. The van der Waals surface area contributed by atoms with Gasteiger partial charge in [0.1, 0.15) is 0 Å². The van der Waals surface area contributed by atoms with Gasteiger partial charge in [0.2, 0.25) is 0 Å². The fourth-order valence-electron chi connectivity index (χ4n) is 2.45. The topological polar surface area (TPSA) is 41.1 Å². The monoisotopic (exact) mass is 318 g/mol. The predicted octanol–water partition coefficient (Wildman–Crippen LogP) is 4.39. The minimum atomic E-state index is -0.926. The lowest BCUT2D eigenvalue weighted by atomic mass is 10.0. The van der Waals surface area contributed by atoms with Gasteiger partial charge >= 0.3 is 6.03 Å². The van der Waals surface area contributed by atoms with Crippen molar-refractivity contribution in [1.82, 2.24) is 10.6 Å². The number of carbonyl (C=O) groups excluding carboxylic acids is 1. The first-order valence-electron chi connectivity index (χ1n) is 7.46. The fraction of sp³-hybridized carbons (Fsp3) is 0.278. The van der Waals surface area contributed by atoms with E-state index in [1.54, 1.807) is 6.92 Å². The van der Waals surface area contributed by atoms with E-state index in [1.165, 1.54) is 6.07 Å². The summed E-state index contributed by atoms with van der Waals surface area (Å²) in [6.07, 6.45) is 0. The highest BCUT2D eigenvalue weighted by atomic mass is 19.2. The molecule has 5 heteroatoms. The van der Waals surface area contributed by atoms with Gasteiger partial charge in [-0.1, -0.05) is 30.3 Å². The third-order valence-electron chi connectivity index (χ3n) is 3.79. The summed E-state index contributed by atoms with van der Waals surface area (Å²) < 4.78 is 26.2. The predicted molar refractivity (Wildman–Crippen MR) is 86.0 cm³/mol. The Morgan fingerprint density at radius 2 is 1.61 bits per heavy atom. The zero-order valence-electron chi connectivity index (χ0n) is 13.4. The molecule has 0 radical (unpaired) electrons. The fourth-order valence-corrected chi connectivity index (χ4v) is 2.45. The molecule has 2 aromatic carbocycles. The number of carbonyl (C=O) groups is 1. The lowest BCUT2D eigenvalue weighted by Crippen LogP contribution is -2.38. The van der Waals surface area contributed by atoms with E-state index in [2.05, 4.69) is 10.6 Å². The van der Waals surface area contributed by atoms with E-state index < -0.39 is 17.7 Å². The van der Waals surface area contributed by atoms with Crippen LogP contribution in [0.15, 0.2) is 42.5 Å². The normalized spacial score (nSPS) is 13.3. The molecule has 0 saturated heterocycles. The van der Waals surface area contributed by atoms with E-state index in [4.69, 9.17) is 0 Å². The minimum absolute atomic E-state index is 0.159. The number of benzene rings is 2. The highest BCUT2D eigenvalue weighted by molar-refractivity contribution is 5.75. The van der Waals surface area contributed by atoms with Crippen molar-refractivity contribution in [3.63, 3.8) is 0 Å². The van der Waals surface area contributed by atoms with Gasteiger partial charge in [0.05, 0.1) is 12.1 Å². The smallest absolute Gasteiger partial charge is 0.315 e. The van der Waals surface area contributed by atoms with E-state index in [1.807, 2.05) is 38.1 Å². The molecule has 0 aliphatic rings. The summed E-state index contributed by atoms with van der Waals surface area (Å²) in [5, 5.41) is 5.57. The molecular weight excluding hydrogens is 298 g/mol. The number of amides is 2. The summed E-state index contributed by atoms with van der Waals surface area (Å²) >= 11 is 0. The Morgan fingerprint density at radius 1 is 0.957 bits per heavy atom. The summed E-state index contributed by atoms with van der Waals surface area (Å²) in [5.41, 5.74) is 2.62. The lowest BCUT2D eigenvalue weighted by Gasteiger charge is -2.20. The molecule has 0 heterocycles. The SMILES string of the molecule is Cc1ccccc1[C@H](C)NC(=O)N[C@H](C)c1ccc(F)c(F)c1. The quantitative estimate of drug-likeness (QED) is 0.862. The van der Waals surface area contributed by atoms with Crippen molar-refractivity contribution in [2.45, 2.75) is 32.9 Å². The Hall–Kier alpha value is -2.43. The molecule has 23 heavy (non-hydrogen) atoms. The first kappa shape index (κ1) is 16.9. The average molecular weight is 318 g/mol. The molecule has 0 unspecified atom stereocenters. The summed E-state index contributed by atoms with van der Waals surface area (Å²) in [5.74, 6) is -1.83. The van der Waals surface area contributed by atoms with E-state index in [0.29, 0.717) is 5.56 Å². The zero-order chi connectivity index (χ0) is 17.0. The highest BCUT2D eigenvalue weighted by Gasteiger charge is 2.15. The molecule has 3 nitrogen and oxygen atoms in total. The summed E-state index contributed by atoms with van der Waals surface area (Å²) in [4.78, 5) is 12.1. The van der Waals surface area contributed by atoms with Gasteiger partial charge in [0.25, 0.3) is 0 Å². The van der Waals surface area contributed by atoms with Crippen molar-refractivity contribution in [3.05, 3.63) is 70.8 Å². The van der Waals surface area contributed by atoms with E-state index in [0.717, 1.165) is 23.3 Å². The second kappa shape index (κ2) is 7.22. The maximum Gasteiger partial charge on any atom is 0.315 e. The van der Waals surface area contributed by atoms with Crippen LogP contribution >= 0.6 is 0 Å². The van der Waals surface area contributed by atoms with Crippen LogP contribution < -0.4 is 10.6 Å². The summed E-state index contributed by atoms with van der Waals surface area (Å²) in [6, 6.07) is 10.4. The molecule has 2 N–H and O–H groups in total. The standard InChI is InChI=1S/C18H20F2N2O/c1-11-6-4-5-7-15(11)13(3)22-18(23)21-12(2)14-8-9-16(19)17(20)10-14/h4-10,12-13H,1-3H3,(H2,21,22,23)/t12-,13+/m1/s1. The van der Waals surface area contributed by atoms with E-state index in [9.17, 15) is 13.6 Å². The Morgan fingerprint density at radius 3 is 2.26 bits per heavy atom. The van der Waals surface area contributed by atoms with Crippen molar-refractivity contribution in [2.24, 2.45) is 0 Å². The van der Waals surface area contributed by atoms with Crippen molar-refractivity contribution in [2.75, 3.05) is 0 Å². The van der Waals surface area contributed by atoms with Gasteiger partial charge in [-0.3, -0.25) is 0 Å².